The Morgan fingerprint density at radius 2 is 2.23 bits per heavy atom. The van der Waals surface area contributed by atoms with Crippen LogP contribution in [0, 0.1) is 13.8 Å². The molecule has 0 radical (unpaired) electrons. The van der Waals surface area contributed by atoms with Crippen LogP contribution < -0.4 is 5.32 Å². The highest BCUT2D eigenvalue weighted by atomic mass is 32.2. The van der Waals surface area contributed by atoms with Crippen molar-refractivity contribution in [1.82, 2.24) is 15.5 Å². The SMILES string of the molecule is Cc1noc(C)c1CSCC(=O)NCc1nc(C(=O)O)cs1. The van der Waals surface area contributed by atoms with Crippen LogP contribution in [-0.2, 0) is 17.1 Å². The fourth-order valence-corrected chi connectivity index (χ4v) is 3.38. The molecule has 0 aliphatic carbocycles. The molecule has 0 unspecified atom stereocenters. The number of carbonyl (C=O) groups excluding carboxylic acids is 1. The highest BCUT2D eigenvalue weighted by Crippen LogP contribution is 2.19. The molecule has 0 spiro atoms. The van der Waals surface area contributed by atoms with E-state index in [0.717, 1.165) is 17.0 Å². The number of carbonyl (C=O) groups is 2. The smallest absolute Gasteiger partial charge is 0.355 e. The zero-order chi connectivity index (χ0) is 16.1. The van der Waals surface area contributed by atoms with Crippen molar-refractivity contribution in [2.45, 2.75) is 26.1 Å². The van der Waals surface area contributed by atoms with Crippen molar-refractivity contribution in [3.8, 4) is 0 Å². The summed E-state index contributed by atoms with van der Waals surface area (Å²) in [7, 11) is 0. The summed E-state index contributed by atoms with van der Waals surface area (Å²) in [5, 5.41) is 17.4. The van der Waals surface area contributed by atoms with Crippen molar-refractivity contribution >= 4 is 35.0 Å². The monoisotopic (exact) mass is 341 g/mol. The summed E-state index contributed by atoms with van der Waals surface area (Å²) in [4.78, 5) is 26.3. The minimum Gasteiger partial charge on any atom is -0.476 e. The van der Waals surface area contributed by atoms with E-state index in [2.05, 4.69) is 15.5 Å². The van der Waals surface area contributed by atoms with Crippen molar-refractivity contribution < 1.29 is 19.2 Å². The van der Waals surface area contributed by atoms with Crippen LogP contribution in [0.2, 0.25) is 0 Å². The second kappa shape index (κ2) is 7.41. The highest BCUT2D eigenvalue weighted by Gasteiger charge is 2.11. The number of nitrogens with one attached hydrogen (secondary N) is 1. The number of aromatic carboxylic acids is 1. The number of rotatable bonds is 7. The number of hydrogen-bond donors (Lipinski definition) is 2. The van der Waals surface area contributed by atoms with E-state index in [1.807, 2.05) is 13.8 Å². The molecule has 22 heavy (non-hydrogen) atoms. The summed E-state index contributed by atoms with van der Waals surface area (Å²) < 4.78 is 5.06. The molecule has 7 nitrogen and oxygen atoms in total. The number of nitrogens with zero attached hydrogens (tertiary/aromatic N) is 2. The third-order valence-corrected chi connectivity index (χ3v) is 4.68. The first kappa shape index (κ1) is 16.5. The molecule has 2 N–H and O–H groups in total. The van der Waals surface area contributed by atoms with E-state index >= 15 is 0 Å². The maximum Gasteiger partial charge on any atom is 0.355 e. The van der Waals surface area contributed by atoms with Crippen molar-refractivity contribution in [2.24, 2.45) is 0 Å². The third-order valence-electron chi connectivity index (χ3n) is 2.87. The number of hydrogen-bond acceptors (Lipinski definition) is 7. The molecule has 2 rings (SSSR count). The van der Waals surface area contributed by atoms with Gasteiger partial charge in [0, 0.05) is 16.7 Å². The van der Waals surface area contributed by atoms with Crippen LogP contribution in [0.5, 0.6) is 0 Å². The number of thiazole rings is 1. The predicted molar refractivity (Wildman–Crippen MR) is 83.1 cm³/mol. The standard InChI is InChI=1S/C13H15N3O4S2/c1-7-9(8(2)20-16-7)4-21-6-11(17)14-3-12-15-10(5-22-12)13(18)19/h5H,3-4,6H2,1-2H3,(H,14,17)(H,18,19). The van der Waals surface area contributed by atoms with Crippen LogP contribution in [0.15, 0.2) is 9.90 Å². The van der Waals surface area contributed by atoms with Crippen LogP contribution >= 0.6 is 23.1 Å². The molecular weight excluding hydrogens is 326 g/mol. The van der Waals surface area contributed by atoms with Crippen molar-refractivity contribution in [3.63, 3.8) is 0 Å². The van der Waals surface area contributed by atoms with E-state index in [0.29, 0.717) is 16.5 Å². The van der Waals surface area contributed by atoms with Crippen molar-refractivity contribution in [3.05, 3.63) is 33.1 Å². The summed E-state index contributed by atoms with van der Waals surface area (Å²) in [6.45, 7) is 3.95. The molecule has 2 aromatic heterocycles. The molecule has 0 bridgehead atoms. The summed E-state index contributed by atoms with van der Waals surface area (Å²) in [5.74, 6) is 0.554. The summed E-state index contributed by atoms with van der Waals surface area (Å²) >= 11 is 2.68. The molecule has 0 aromatic carbocycles. The minimum atomic E-state index is -1.07. The van der Waals surface area contributed by atoms with Gasteiger partial charge in [0.2, 0.25) is 5.91 Å². The molecule has 0 aliphatic rings. The number of carboxylic acid groups (broad SMARTS) is 1. The van der Waals surface area contributed by atoms with Gasteiger partial charge in [-0.05, 0) is 13.8 Å². The van der Waals surface area contributed by atoms with E-state index in [1.54, 1.807) is 0 Å². The maximum atomic E-state index is 11.7. The van der Waals surface area contributed by atoms with Gasteiger partial charge >= 0.3 is 5.97 Å². The Hall–Kier alpha value is -1.87. The largest absolute Gasteiger partial charge is 0.476 e. The van der Waals surface area contributed by atoms with Crippen molar-refractivity contribution in [2.75, 3.05) is 5.75 Å². The molecule has 0 atom stereocenters. The summed E-state index contributed by atoms with van der Waals surface area (Å²) in [5.41, 5.74) is 1.86. The fourth-order valence-electron chi connectivity index (χ4n) is 1.67. The average Bonchev–Trinajstić information content (AvgIpc) is 3.06. The van der Waals surface area contributed by atoms with E-state index in [9.17, 15) is 9.59 Å². The van der Waals surface area contributed by atoms with Crippen molar-refractivity contribution in [1.29, 1.82) is 0 Å². The number of amides is 1. The number of aromatic nitrogens is 2. The van der Waals surface area contributed by atoms with Crippen LogP contribution in [0.1, 0.15) is 32.5 Å². The van der Waals surface area contributed by atoms with E-state index in [-0.39, 0.29) is 18.1 Å². The average molecular weight is 341 g/mol. The second-order valence-electron chi connectivity index (χ2n) is 4.50. The lowest BCUT2D eigenvalue weighted by atomic mass is 10.2. The highest BCUT2D eigenvalue weighted by molar-refractivity contribution is 7.99. The molecule has 0 saturated carbocycles. The zero-order valence-electron chi connectivity index (χ0n) is 12.1. The topological polar surface area (TPSA) is 105 Å². The Labute approximate surface area is 135 Å². The van der Waals surface area contributed by atoms with Crippen LogP contribution in [0.25, 0.3) is 0 Å². The quantitative estimate of drug-likeness (QED) is 0.793. The van der Waals surface area contributed by atoms with E-state index < -0.39 is 5.97 Å². The van der Waals surface area contributed by atoms with Crippen LogP contribution in [0.4, 0.5) is 0 Å². The van der Waals surface area contributed by atoms with Gasteiger partial charge in [-0.25, -0.2) is 9.78 Å². The van der Waals surface area contributed by atoms with Gasteiger partial charge < -0.3 is 14.9 Å². The van der Waals surface area contributed by atoms with E-state index in [1.165, 1.54) is 28.5 Å². The first-order valence-corrected chi connectivity index (χ1v) is 8.44. The summed E-state index contributed by atoms with van der Waals surface area (Å²) in [6, 6.07) is 0. The second-order valence-corrected chi connectivity index (χ2v) is 6.43. The normalized spacial score (nSPS) is 10.6. The minimum absolute atomic E-state index is 0.00188. The third kappa shape index (κ3) is 4.31. The Balaban J connectivity index is 1.73. The number of aryl methyl sites for hydroxylation is 2. The van der Waals surface area contributed by atoms with Gasteiger partial charge in [-0.3, -0.25) is 4.79 Å². The van der Waals surface area contributed by atoms with Gasteiger partial charge in [0.05, 0.1) is 18.0 Å². The summed E-state index contributed by atoms with van der Waals surface area (Å²) in [6.07, 6.45) is 0. The zero-order valence-corrected chi connectivity index (χ0v) is 13.7. The molecule has 118 valence electrons. The molecule has 0 fully saturated rings. The molecule has 1 amide bonds. The molecular formula is C13H15N3O4S2. The maximum absolute atomic E-state index is 11.7. The Morgan fingerprint density at radius 3 is 2.82 bits per heavy atom. The van der Waals surface area contributed by atoms with Gasteiger partial charge in [0.15, 0.2) is 5.69 Å². The Morgan fingerprint density at radius 1 is 1.45 bits per heavy atom. The molecule has 9 heteroatoms. The molecule has 0 saturated heterocycles. The molecule has 2 aromatic rings. The number of carboxylic acids is 1. The van der Waals surface area contributed by atoms with Gasteiger partial charge in [0.1, 0.15) is 10.8 Å². The Bertz CT molecular complexity index is 661. The van der Waals surface area contributed by atoms with Crippen LogP contribution in [-0.4, -0.2) is 32.9 Å². The number of thioether (sulfide) groups is 1. The van der Waals surface area contributed by atoms with Crippen LogP contribution in [0.3, 0.4) is 0 Å². The lowest BCUT2D eigenvalue weighted by molar-refractivity contribution is -0.118. The molecule has 0 aliphatic heterocycles. The first-order valence-electron chi connectivity index (χ1n) is 6.41. The van der Waals surface area contributed by atoms with Gasteiger partial charge in [-0.2, -0.15) is 0 Å². The lowest BCUT2D eigenvalue weighted by Gasteiger charge is -2.03. The van der Waals surface area contributed by atoms with E-state index in [4.69, 9.17) is 9.63 Å². The van der Waals surface area contributed by atoms with Gasteiger partial charge in [0.25, 0.3) is 0 Å². The molecule has 2 heterocycles. The van der Waals surface area contributed by atoms with Gasteiger partial charge in [-0.1, -0.05) is 5.16 Å². The lowest BCUT2D eigenvalue weighted by Crippen LogP contribution is -2.24. The Kier molecular flexibility index (Phi) is 5.56. The first-order chi connectivity index (χ1) is 10.5. The fraction of sp³-hybridized carbons (Fsp3) is 0.385. The predicted octanol–water partition coefficient (Wildman–Crippen LogP) is 2.00. The van der Waals surface area contributed by atoms with Gasteiger partial charge in [-0.15, -0.1) is 23.1 Å².